The Morgan fingerprint density at radius 3 is 2.94 bits per heavy atom. The summed E-state index contributed by atoms with van der Waals surface area (Å²) in [5.41, 5.74) is 2.00. The summed E-state index contributed by atoms with van der Waals surface area (Å²) in [6.07, 6.45) is 0. The molecule has 0 atom stereocenters. The van der Waals surface area contributed by atoms with Gasteiger partial charge in [-0.1, -0.05) is 6.92 Å². The van der Waals surface area contributed by atoms with Crippen molar-refractivity contribution in [1.29, 1.82) is 0 Å². The number of nitrogens with two attached hydrogens (primary N) is 1. The summed E-state index contributed by atoms with van der Waals surface area (Å²) in [5, 5.41) is 8.82. The molecular weight excluding hydrogens is 210 g/mol. The van der Waals surface area contributed by atoms with E-state index in [0.29, 0.717) is 18.8 Å². The van der Waals surface area contributed by atoms with Crippen LogP contribution in [0.4, 0.5) is 0 Å². The number of likely N-dealkylation sites (N-methyl/N-ethyl adjacent to an activating group) is 1. The molecular formula is C10H17N3O3. The molecule has 0 aliphatic rings. The minimum absolute atomic E-state index is 0.102. The molecule has 1 amide bonds. The minimum Gasteiger partial charge on any atom is -0.455 e. The van der Waals surface area contributed by atoms with Crippen LogP contribution in [0.5, 0.6) is 0 Å². The zero-order chi connectivity index (χ0) is 12.0. The molecule has 0 aliphatic carbocycles. The maximum atomic E-state index is 11.1. The monoisotopic (exact) mass is 227 g/mol. The second kappa shape index (κ2) is 6.26. The van der Waals surface area contributed by atoms with Gasteiger partial charge < -0.3 is 9.52 Å². The highest BCUT2D eigenvalue weighted by atomic mass is 16.4. The molecule has 0 fully saturated rings. The topological polar surface area (TPSA) is 91.7 Å². The van der Waals surface area contributed by atoms with Crippen LogP contribution in [-0.2, 0) is 6.54 Å². The van der Waals surface area contributed by atoms with Crippen LogP contribution in [0, 0.1) is 0 Å². The number of hydrazine groups is 1. The Balaban J connectivity index is 2.60. The Morgan fingerprint density at radius 2 is 2.38 bits per heavy atom. The minimum atomic E-state index is -0.448. The third-order valence-corrected chi connectivity index (χ3v) is 2.26. The summed E-state index contributed by atoms with van der Waals surface area (Å²) in [6, 6.07) is 3.30. The van der Waals surface area contributed by atoms with Crippen molar-refractivity contribution in [2.75, 3.05) is 19.7 Å². The molecule has 0 spiro atoms. The largest absolute Gasteiger partial charge is 0.455 e. The first-order chi connectivity index (χ1) is 7.71. The lowest BCUT2D eigenvalue weighted by Crippen LogP contribution is -2.29. The fourth-order valence-electron chi connectivity index (χ4n) is 1.37. The standard InChI is InChI=1S/C10H17N3O3/c1-2-13(5-6-14)7-8-3-4-9(16-8)10(15)12-11/h3-4,14H,2,5-7,11H2,1H3,(H,12,15). The van der Waals surface area contributed by atoms with Gasteiger partial charge in [-0.3, -0.25) is 15.1 Å². The third-order valence-electron chi connectivity index (χ3n) is 2.26. The first kappa shape index (κ1) is 12.7. The molecule has 1 rings (SSSR count). The number of nitrogens with one attached hydrogen (secondary N) is 1. The summed E-state index contributed by atoms with van der Waals surface area (Å²) < 4.78 is 5.30. The zero-order valence-corrected chi connectivity index (χ0v) is 9.27. The first-order valence-electron chi connectivity index (χ1n) is 5.14. The van der Waals surface area contributed by atoms with Crippen molar-refractivity contribution < 1.29 is 14.3 Å². The van der Waals surface area contributed by atoms with Crippen LogP contribution >= 0.6 is 0 Å². The van der Waals surface area contributed by atoms with E-state index in [1.54, 1.807) is 12.1 Å². The van der Waals surface area contributed by atoms with Crippen molar-refractivity contribution in [2.45, 2.75) is 13.5 Å². The van der Waals surface area contributed by atoms with Crippen LogP contribution in [0.3, 0.4) is 0 Å². The number of nitrogen functional groups attached to an aromatic ring is 1. The normalized spacial score (nSPS) is 10.8. The number of rotatable bonds is 6. The van der Waals surface area contributed by atoms with E-state index in [4.69, 9.17) is 15.4 Å². The molecule has 90 valence electrons. The van der Waals surface area contributed by atoms with Gasteiger partial charge in [0.15, 0.2) is 5.76 Å². The van der Waals surface area contributed by atoms with Crippen LogP contribution in [-0.4, -0.2) is 35.6 Å². The highest BCUT2D eigenvalue weighted by Crippen LogP contribution is 2.10. The summed E-state index contributed by atoms with van der Waals surface area (Å²) in [4.78, 5) is 13.1. The Hall–Kier alpha value is -1.37. The van der Waals surface area contributed by atoms with Gasteiger partial charge in [0.2, 0.25) is 0 Å². The lowest BCUT2D eigenvalue weighted by molar-refractivity contribution is 0.0921. The van der Waals surface area contributed by atoms with Gasteiger partial charge >= 0.3 is 5.91 Å². The van der Waals surface area contributed by atoms with Crippen molar-refractivity contribution in [2.24, 2.45) is 5.84 Å². The fraction of sp³-hybridized carbons (Fsp3) is 0.500. The van der Waals surface area contributed by atoms with E-state index >= 15 is 0 Å². The predicted octanol–water partition coefficient (Wildman–Crippen LogP) is -0.303. The van der Waals surface area contributed by atoms with Crippen LogP contribution in [0.15, 0.2) is 16.5 Å². The zero-order valence-electron chi connectivity index (χ0n) is 9.27. The molecule has 0 aromatic carbocycles. The molecule has 0 bridgehead atoms. The van der Waals surface area contributed by atoms with E-state index in [1.807, 2.05) is 17.2 Å². The second-order valence-corrected chi connectivity index (χ2v) is 3.33. The van der Waals surface area contributed by atoms with E-state index in [0.717, 1.165) is 6.54 Å². The van der Waals surface area contributed by atoms with Gasteiger partial charge in [0.1, 0.15) is 5.76 Å². The molecule has 0 unspecified atom stereocenters. The number of furan rings is 1. The van der Waals surface area contributed by atoms with E-state index < -0.39 is 5.91 Å². The average Bonchev–Trinajstić information content (AvgIpc) is 2.76. The number of hydrogen-bond acceptors (Lipinski definition) is 5. The second-order valence-electron chi connectivity index (χ2n) is 3.33. The molecule has 0 saturated carbocycles. The fourth-order valence-corrected chi connectivity index (χ4v) is 1.37. The number of aliphatic hydroxyl groups is 1. The van der Waals surface area contributed by atoms with Crippen molar-refractivity contribution in [3.8, 4) is 0 Å². The Bertz CT molecular complexity index is 338. The van der Waals surface area contributed by atoms with Gasteiger partial charge in [-0.25, -0.2) is 5.84 Å². The highest BCUT2D eigenvalue weighted by Gasteiger charge is 2.11. The quantitative estimate of drug-likeness (QED) is 0.352. The summed E-state index contributed by atoms with van der Waals surface area (Å²) in [5.74, 6) is 5.40. The predicted molar refractivity (Wildman–Crippen MR) is 58.4 cm³/mol. The molecule has 0 radical (unpaired) electrons. The molecule has 0 saturated heterocycles. The molecule has 6 nitrogen and oxygen atoms in total. The lowest BCUT2D eigenvalue weighted by atomic mass is 10.3. The van der Waals surface area contributed by atoms with Gasteiger partial charge in [0.25, 0.3) is 0 Å². The average molecular weight is 227 g/mol. The molecule has 1 aromatic heterocycles. The number of hydrogen-bond donors (Lipinski definition) is 3. The van der Waals surface area contributed by atoms with E-state index in [1.165, 1.54) is 0 Å². The highest BCUT2D eigenvalue weighted by molar-refractivity contribution is 5.90. The van der Waals surface area contributed by atoms with E-state index in [-0.39, 0.29) is 12.4 Å². The number of nitrogens with zero attached hydrogens (tertiary/aromatic N) is 1. The smallest absolute Gasteiger partial charge is 0.300 e. The van der Waals surface area contributed by atoms with Crippen LogP contribution in [0.1, 0.15) is 23.2 Å². The van der Waals surface area contributed by atoms with E-state index in [9.17, 15) is 4.79 Å². The molecule has 4 N–H and O–H groups in total. The third kappa shape index (κ3) is 3.34. The van der Waals surface area contributed by atoms with Crippen LogP contribution < -0.4 is 11.3 Å². The van der Waals surface area contributed by atoms with Crippen LogP contribution in [0.25, 0.3) is 0 Å². The molecule has 6 heteroatoms. The Kier molecular flexibility index (Phi) is 4.97. The van der Waals surface area contributed by atoms with Gasteiger partial charge in [-0.05, 0) is 18.7 Å². The van der Waals surface area contributed by atoms with Gasteiger partial charge in [-0.2, -0.15) is 0 Å². The van der Waals surface area contributed by atoms with E-state index in [2.05, 4.69) is 0 Å². The SMILES string of the molecule is CCN(CCO)Cc1ccc(C(=O)NN)o1. The number of amides is 1. The first-order valence-corrected chi connectivity index (χ1v) is 5.14. The summed E-state index contributed by atoms with van der Waals surface area (Å²) in [6.45, 7) is 4.04. The summed E-state index contributed by atoms with van der Waals surface area (Å²) >= 11 is 0. The molecule has 1 heterocycles. The maximum Gasteiger partial charge on any atom is 0.300 e. The van der Waals surface area contributed by atoms with Gasteiger partial charge in [0.05, 0.1) is 13.2 Å². The van der Waals surface area contributed by atoms with Gasteiger partial charge in [-0.15, -0.1) is 0 Å². The van der Waals surface area contributed by atoms with Crippen LogP contribution in [0.2, 0.25) is 0 Å². The Labute approximate surface area is 94.0 Å². The van der Waals surface area contributed by atoms with Crippen molar-refractivity contribution in [3.63, 3.8) is 0 Å². The molecule has 1 aromatic rings. The van der Waals surface area contributed by atoms with Crippen molar-refractivity contribution in [3.05, 3.63) is 23.7 Å². The molecule has 0 aliphatic heterocycles. The number of carbonyl (C=O) groups excluding carboxylic acids is 1. The number of carbonyl (C=O) groups is 1. The van der Waals surface area contributed by atoms with Crippen molar-refractivity contribution >= 4 is 5.91 Å². The van der Waals surface area contributed by atoms with Gasteiger partial charge in [0, 0.05) is 6.54 Å². The molecule has 16 heavy (non-hydrogen) atoms. The maximum absolute atomic E-state index is 11.1. The Morgan fingerprint density at radius 1 is 1.62 bits per heavy atom. The van der Waals surface area contributed by atoms with Crippen molar-refractivity contribution in [1.82, 2.24) is 10.3 Å². The lowest BCUT2D eigenvalue weighted by Gasteiger charge is -2.17. The number of aliphatic hydroxyl groups excluding tert-OH is 1. The summed E-state index contributed by atoms with van der Waals surface area (Å²) in [7, 11) is 0.